The predicted molar refractivity (Wildman–Crippen MR) is 70.8 cm³/mol. The number of nitrogens with one attached hydrogen (secondary N) is 1. The average Bonchev–Trinajstić information content (AvgIpc) is 2.18. The lowest BCUT2D eigenvalue weighted by molar-refractivity contribution is -0.125. The normalized spacial score (nSPS) is 11.4. The van der Waals surface area contributed by atoms with Gasteiger partial charge >= 0.3 is 0 Å². The molecule has 0 aliphatic heterocycles. The summed E-state index contributed by atoms with van der Waals surface area (Å²) < 4.78 is 5.35. The summed E-state index contributed by atoms with van der Waals surface area (Å²) in [5.74, 6) is -0.246. The first-order valence-electron chi connectivity index (χ1n) is 5.17. The Kier molecular flexibility index (Phi) is 4.80. The number of benzene rings is 1. The summed E-state index contributed by atoms with van der Waals surface area (Å²) in [6.45, 7) is 5.64. The highest BCUT2D eigenvalue weighted by atomic mass is 35.5. The van der Waals surface area contributed by atoms with Crippen molar-refractivity contribution >= 4 is 34.8 Å². The van der Waals surface area contributed by atoms with Crippen LogP contribution in [0.3, 0.4) is 0 Å². The van der Waals surface area contributed by atoms with Crippen molar-refractivity contribution in [1.82, 2.24) is 0 Å². The van der Waals surface area contributed by atoms with Gasteiger partial charge in [-0.25, -0.2) is 0 Å². The van der Waals surface area contributed by atoms with Gasteiger partial charge in [0.25, 0.3) is 0 Å². The fourth-order valence-electron chi connectivity index (χ4n) is 1.06. The van der Waals surface area contributed by atoms with Crippen LogP contribution in [0.25, 0.3) is 0 Å². The van der Waals surface area contributed by atoms with Crippen molar-refractivity contribution in [3.05, 3.63) is 28.2 Å². The van der Waals surface area contributed by atoms with Crippen molar-refractivity contribution in [2.45, 2.75) is 26.4 Å². The Balaban J connectivity index is 2.57. The van der Waals surface area contributed by atoms with Crippen LogP contribution in [0.4, 0.5) is 5.69 Å². The Hall–Kier alpha value is -0.770. The number of hydrogen-bond donors (Lipinski definition) is 1. The van der Waals surface area contributed by atoms with Crippen LogP contribution in [0, 0.1) is 0 Å². The van der Waals surface area contributed by atoms with E-state index in [4.69, 9.17) is 27.9 Å². The van der Waals surface area contributed by atoms with Crippen molar-refractivity contribution in [2.75, 3.05) is 11.9 Å². The summed E-state index contributed by atoms with van der Waals surface area (Å²) in [4.78, 5) is 11.6. The van der Waals surface area contributed by atoms with Gasteiger partial charge in [0.2, 0.25) is 5.91 Å². The van der Waals surface area contributed by atoms with E-state index in [1.165, 1.54) is 0 Å². The van der Waals surface area contributed by atoms with Gasteiger partial charge in [0, 0.05) is 5.02 Å². The molecule has 1 amide bonds. The summed E-state index contributed by atoms with van der Waals surface area (Å²) in [6.07, 6.45) is 0. The molecule has 0 radical (unpaired) electrons. The van der Waals surface area contributed by atoms with Gasteiger partial charge in [-0.3, -0.25) is 4.79 Å². The van der Waals surface area contributed by atoms with Gasteiger partial charge < -0.3 is 10.1 Å². The molecule has 3 nitrogen and oxygen atoms in total. The highest BCUT2D eigenvalue weighted by molar-refractivity contribution is 6.36. The molecule has 1 aromatic carbocycles. The van der Waals surface area contributed by atoms with Crippen molar-refractivity contribution in [3.8, 4) is 0 Å². The van der Waals surface area contributed by atoms with Gasteiger partial charge in [0.15, 0.2) is 0 Å². The van der Waals surface area contributed by atoms with E-state index in [1.54, 1.807) is 18.2 Å². The van der Waals surface area contributed by atoms with Gasteiger partial charge in [-0.15, -0.1) is 0 Å². The van der Waals surface area contributed by atoms with Crippen LogP contribution >= 0.6 is 23.2 Å². The molecule has 0 saturated heterocycles. The minimum atomic E-state index is -0.346. The Morgan fingerprint density at radius 1 is 1.35 bits per heavy atom. The minimum absolute atomic E-state index is 0.0115. The third-order valence-corrected chi connectivity index (χ3v) is 2.39. The van der Waals surface area contributed by atoms with Crippen LogP contribution in [-0.4, -0.2) is 18.1 Å². The second-order valence-corrected chi connectivity index (χ2v) is 5.42. The summed E-state index contributed by atoms with van der Waals surface area (Å²) >= 11 is 11.7. The number of halogens is 2. The molecule has 94 valence electrons. The van der Waals surface area contributed by atoms with E-state index in [-0.39, 0.29) is 18.1 Å². The van der Waals surface area contributed by atoms with E-state index in [0.717, 1.165) is 0 Å². The maximum absolute atomic E-state index is 11.6. The van der Waals surface area contributed by atoms with E-state index in [1.807, 2.05) is 20.8 Å². The molecule has 17 heavy (non-hydrogen) atoms. The molecule has 1 rings (SSSR count). The molecule has 0 atom stereocenters. The SMILES string of the molecule is CC(C)(C)OCC(=O)Nc1ccc(Cl)cc1Cl. The topological polar surface area (TPSA) is 38.3 Å². The molecule has 0 fully saturated rings. The number of carbonyl (C=O) groups is 1. The first kappa shape index (κ1) is 14.3. The zero-order valence-electron chi connectivity index (χ0n) is 10.0. The van der Waals surface area contributed by atoms with Crippen molar-refractivity contribution in [2.24, 2.45) is 0 Å². The number of amides is 1. The van der Waals surface area contributed by atoms with E-state index >= 15 is 0 Å². The maximum atomic E-state index is 11.6. The average molecular weight is 276 g/mol. The fourth-order valence-corrected chi connectivity index (χ4v) is 1.51. The summed E-state index contributed by atoms with van der Waals surface area (Å²) in [6, 6.07) is 4.89. The van der Waals surface area contributed by atoms with E-state index in [9.17, 15) is 4.79 Å². The first-order valence-corrected chi connectivity index (χ1v) is 5.92. The van der Waals surface area contributed by atoms with E-state index in [2.05, 4.69) is 5.32 Å². The van der Waals surface area contributed by atoms with Gasteiger partial charge in [-0.2, -0.15) is 0 Å². The minimum Gasteiger partial charge on any atom is -0.366 e. The standard InChI is InChI=1S/C12H15Cl2NO2/c1-12(2,3)17-7-11(16)15-10-5-4-8(13)6-9(10)14/h4-6H,7H2,1-3H3,(H,15,16). The number of anilines is 1. The molecule has 5 heteroatoms. The van der Waals surface area contributed by atoms with Crippen molar-refractivity contribution in [1.29, 1.82) is 0 Å². The first-order chi connectivity index (χ1) is 7.78. The van der Waals surface area contributed by atoms with Crippen LogP contribution in [0.2, 0.25) is 10.0 Å². The molecule has 0 bridgehead atoms. The van der Waals surface area contributed by atoms with Gasteiger partial charge in [-0.1, -0.05) is 23.2 Å². The van der Waals surface area contributed by atoms with Crippen LogP contribution in [-0.2, 0) is 9.53 Å². The Bertz CT molecular complexity index is 413. The predicted octanol–water partition coefficient (Wildman–Crippen LogP) is 3.75. The van der Waals surface area contributed by atoms with Gasteiger partial charge in [0.05, 0.1) is 16.3 Å². The Labute approximate surface area is 111 Å². The largest absolute Gasteiger partial charge is 0.366 e. The second kappa shape index (κ2) is 5.71. The maximum Gasteiger partial charge on any atom is 0.250 e. The molecule has 1 N–H and O–H groups in total. The number of hydrogen-bond acceptors (Lipinski definition) is 2. The molecule has 0 heterocycles. The van der Waals surface area contributed by atoms with Crippen LogP contribution < -0.4 is 5.32 Å². The van der Waals surface area contributed by atoms with Crippen LogP contribution in [0.5, 0.6) is 0 Å². The molecule has 0 aliphatic rings. The number of rotatable bonds is 3. The molecule has 0 spiro atoms. The van der Waals surface area contributed by atoms with Crippen molar-refractivity contribution in [3.63, 3.8) is 0 Å². The third-order valence-electron chi connectivity index (χ3n) is 1.84. The summed E-state index contributed by atoms with van der Waals surface area (Å²) in [5, 5.41) is 3.59. The Morgan fingerprint density at radius 3 is 2.53 bits per heavy atom. The lowest BCUT2D eigenvalue weighted by Gasteiger charge is -2.19. The third kappa shape index (κ3) is 5.39. The van der Waals surface area contributed by atoms with E-state index in [0.29, 0.717) is 15.7 Å². The van der Waals surface area contributed by atoms with Crippen LogP contribution in [0.15, 0.2) is 18.2 Å². The lowest BCUT2D eigenvalue weighted by atomic mass is 10.2. The van der Waals surface area contributed by atoms with E-state index < -0.39 is 0 Å². The molecule has 0 unspecified atom stereocenters. The summed E-state index contributed by atoms with van der Waals surface area (Å²) in [7, 11) is 0. The fraction of sp³-hybridized carbons (Fsp3) is 0.417. The van der Waals surface area contributed by atoms with Gasteiger partial charge in [0.1, 0.15) is 6.61 Å². The zero-order chi connectivity index (χ0) is 13.1. The highest BCUT2D eigenvalue weighted by Gasteiger charge is 2.13. The van der Waals surface area contributed by atoms with Crippen molar-refractivity contribution < 1.29 is 9.53 Å². The monoisotopic (exact) mass is 275 g/mol. The molecular formula is C12H15Cl2NO2. The van der Waals surface area contributed by atoms with Crippen LogP contribution in [0.1, 0.15) is 20.8 Å². The second-order valence-electron chi connectivity index (χ2n) is 4.57. The number of carbonyl (C=O) groups excluding carboxylic acids is 1. The molecule has 0 aliphatic carbocycles. The molecule has 0 saturated carbocycles. The molecule has 1 aromatic rings. The smallest absolute Gasteiger partial charge is 0.250 e. The molecule has 0 aromatic heterocycles. The lowest BCUT2D eigenvalue weighted by Crippen LogP contribution is -2.27. The Morgan fingerprint density at radius 2 is 2.00 bits per heavy atom. The number of ether oxygens (including phenoxy) is 1. The quantitative estimate of drug-likeness (QED) is 0.913. The molecular weight excluding hydrogens is 261 g/mol. The van der Waals surface area contributed by atoms with Gasteiger partial charge in [-0.05, 0) is 39.0 Å². The zero-order valence-corrected chi connectivity index (χ0v) is 11.5. The highest BCUT2D eigenvalue weighted by Crippen LogP contribution is 2.25. The summed E-state index contributed by atoms with van der Waals surface area (Å²) in [5.41, 5.74) is 0.180.